The molecule has 0 bridgehead atoms. The van der Waals surface area contributed by atoms with Gasteiger partial charge in [-0.25, -0.2) is 8.42 Å². The average Bonchev–Trinajstić information content (AvgIpc) is 2.49. The molecule has 3 nitrogen and oxygen atoms in total. The third-order valence-electron chi connectivity index (χ3n) is 4.11. The minimum absolute atomic E-state index is 0.343. The molecule has 0 aromatic heterocycles. The van der Waals surface area contributed by atoms with E-state index in [9.17, 15) is 8.42 Å². The van der Waals surface area contributed by atoms with Gasteiger partial charge in [0.2, 0.25) is 0 Å². The number of sulfonamides is 1. The third-order valence-corrected chi connectivity index (χ3v) is 5.63. The van der Waals surface area contributed by atoms with Crippen LogP contribution in [0.1, 0.15) is 42.0 Å². The number of unbranched alkanes of at least 4 members (excludes halogenated alkanes) is 1. The van der Waals surface area contributed by atoms with Gasteiger partial charge in [0.05, 0.1) is 4.90 Å². The highest BCUT2D eigenvalue weighted by molar-refractivity contribution is 7.92. The third kappa shape index (κ3) is 4.35. The van der Waals surface area contributed by atoms with E-state index in [1.165, 1.54) is 5.56 Å². The van der Waals surface area contributed by atoms with Gasteiger partial charge in [0.1, 0.15) is 0 Å². The molecule has 2 aromatic carbocycles. The molecule has 0 saturated heterocycles. The summed E-state index contributed by atoms with van der Waals surface area (Å²) in [5, 5.41) is 0. The van der Waals surface area contributed by atoms with Crippen molar-refractivity contribution < 1.29 is 8.42 Å². The molecule has 0 heterocycles. The maximum absolute atomic E-state index is 12.6. The number of benzene rings is 2. The summed E-state index contributed by atoms with van der Waals surface area (Å²) in [5.41, 5.74) is 4.67. The van der Waals surface area contributed by atoms with Crippen molar-refractivity contribution in [1.29, 1.82) is 0 Å². The van der Waals surface area contributed by atoms with Crippen molar-refractivity contribution in [2.45, 2.75) is 51.9 Å². The van der Waals surface area contributed by atoms with Crippen LogP contribution in [0, 0.1) is 20.8 Å². The summed E-state index contributed by atoms with van der Waals surface area (Å²) in [6.45, 7) is 7.90. The summed E-state index contributed by atoms with van der Waals surface area (Å²) >= 11 is 0. The molecule has 124 valence electrons. The zero-order valence-electron chi connectivity index (χ0n) is 14.3. The van der Waals surface area contributed by atoms with Gasteiger partial charge >= 0.3 is 0 Å². The molecule has 0 unspecified atom stereocenters. The quantitative estimate of drug-likeness (QED) is 0.830. The molecule has 0 atom stereocenters. The first kappa shape index (κ1) is 17.5. The SMILES string of the molecule is CCCCc1ccc(NS(=O)(=O)c2cc(C)c(C)cc2C)cc1. The first-order valence-corrected chi connectivity index (χ1v) is 9.51. The van der Waals surface area contributed by atoms with Crippen LogP contribution in [0.5, 0.6) is 0 Å². The van der Waals surface area contributed by atoms with E-state index in [1.807, 2.05) is 51.1 Å². The Morgan fingerprint density at radius 1 is 0.913 bits per heavy atom. The molecule has 1 N–H and O–H groups in total. The minimum atomic E-state index is -3.56. The molecule has 0 aliphatic heterocycles. The lowest BCUT2D eigenvalue weighted by Crippen LogP contribution is -2.14. The molecule has 0 spiro atoms. The fourth-order valence-electron chi connectivity index (χ4n) is 2.55. The van der Waals surface area contributed by atoms with E-state index in [2.05, 4.69) is 11.6 Å². The van der Waals surface area contributed by atoms with Crippen molar-refractivity contribution in [3.05, 3.63) is 58.7 Å². The zero-order valence-corrected chi connectivity index (χ0v) is 15.1. The van der Waals surface area contributed by atoms with Crippen LogP contribution >= 0.6 is 0 Å². The van der Waals surface area contributed by atoms with Gasteiger partial charge in [0, 0.05) is 5.69 Å². The maximum atomic E-state index is 12.6. The Labute approximate surface area is 139 Å². The second kappa shape index (κ2) is 7.18. The van der Waals surface area contributed by atoms with E-state index >= 15 is 0 Å². The van der Waals surface area contributed by atoms with Gasteiger partial charge in [-0.15, -0.1) is 0 Å². The molecule has 0 aliphatic carbocycles. The molecule has 4 heteroatoms. The second-order valence-electron chi connectivity index (χ2n) is 6.11. The van der Waals surface area contributed by atoms with Gasteiger partial charge < -0.3 is 0 Å². The van der Waals surface area contributed by atoms with Crippen molar-refractivity contribution in [3.63, 3.8) is 0 Å². The van der Waals surface area contributed by atoms with E-state index in [1.54, 1.807) is 6.07 Å². The molecule has 0 fully saturated rings. The number of hydrogen-bond acceptors (Lipinski definition) is 2. The first-order chi connectivity index (χ1) is 10.8. The van der Waals surface area contributed by atoms with Crippen LogP contribution in [-0.2, 0) is 16.4 Å². The minimum Gasteiger partial charge on any atom is -0.280 e. The van der Waals surface area contributed by atoms with Crippen molar-refractivity contribution in [2.75, 3.05) is 4.72 Å². The Bertz CT molecular complexity index is 778. The standard InChI is InChI=1S/C19H25NO2S/c1-5-6-7-17-8-10-18(11-9-17)20-23(21,22)19-13-15(3)14(2)12-16(19)4/h8-13,20H,5-7H2,1-4H3. The Balaban J connectivity index is 2.23. The molecular weight excluding hydrogens is 306 g/mol. The lowest BCUT2D eigenvalue weighted by atomic mass is 10.1. The number of hydrogen-bond donors (Lipinski definition) is 1. The molecule has 0 radical (unpaired) electrons. The Morgan fingerprint density at radius 3 is 2.13 bits per heavy atom. The van der Waals surface area contributed by atoms with Crippen LogP contribution in [0.15, 0.2) is 41.3 Å². The van der Waals surface area contributed by atoms with Gasteiger partial charge in [0.25, 0.3) is 10.0 Å². The lowest BCUT2D eigenvalue weighted by Gasteiger charge is -2.13. The highest BCUT2D eigenvalue weighted by Crippen LogP contribution is 2.23. The van der Waals surface area contributed by atoms with Crippen LogP contribution < -0.4 is 4.72 Å². The van der Waals surface area contributed by atoms with Gasteiger partial charge in [0.15, 0.2) is 0 Å². The predicted octanol–water partition coefficient (Wildman–Crippen LogP) is 4.76. The molecule has 2 aromatic rings. The monoisotopic (exact) mass is 331 g/mol. The van der Waals surface area contributed by atoms with Crippen molar-refractivity contribution in [2.24, 2.45) is 0 Å². The van der Waals surface area contributed by atoms with Crippen molar-refractivity contribution in [3.8, 4) is 0 Å². The smallest absolute Gasteiger partial charge is 0.262 e. The normalized spacial score (nSPS) is 11.5. The summed E-state index contributed by atoms with van der Waals surface area (Å²) in [5.74, 6) is 0. The highest BCUT2D eigenvalue weighted by Gasteiger charge is 2.18. The number of anilines is 1. The summed E-state index contributed by atoms with van der Waals surface area (Å²) in [4.78, 5) is 0.343. The first-order valence-electron chi connectivity index (χ1n) is 8.03. The molecule has 0 aliphatic rings. The molecule has 0 amide bonds. The average molecular weight is 331 g/mol. The molecule has 0 saturated carbocycles. The largest absolute Gasteiger partial charge is 0.280 e. The van der Waals surface area contributed by atoms with Crippen LogP contribution in [0.4, 0.5) is 5.69 Å². The summed E-state index contributed by atoms with van der Waals surface area (Å²) in [6, 6.07) is 11.3. The number of nitrogens with one attached hydrogen (secondary N) is 1. The fourth-order valence-corrected chi connectivity index (χ4v) is 3.93. The van der Waals surface area contributed by atoms with Crippen LogP contribution in [-0.4, -0.2) is 8.42 Å². The highest BCUT2D eigenvalue weighted by atomic mass is 32.2. The topological polar surface area (TPSA) is 46.2 Å². The van der Waals surface area contributed by atoms with Gasteiger partial charge in [-0.2, -0.15) is 0 Å². The van der Waals surface area contributed by atoms with E-state index in [0.29, 0.717) is 10.6 Å². The van der Waals surface area contributed by atoms with Crippen molar-refractivity contribution in [1.82, 2.24) is 0 Å². The van der Waals surface area contributed by atoms with Gasteiger partial charge in [-0.3, -0.25) is 4.72 Å². The molecular formula is C19H25NO2S. The van der Waals surface area contributed by atoms with Crippen LogP contribution in [0.2, 0.25) is 0 Å². The lowest BCUT2D eigenvalue weighted by molar-refractivity contribution is 0.600. The van der Waals surface area contributed by atoms with E-state index < -0.39 is 10.0 Å². The van der Waals surface area contributed by atoms with Gasteiger partial charge in [-0.1, -0.05) is 31.5 Å². The Morgan fingerprint density at radius 2 is 1.52 bits per heavy atom. The maximum Gasteiger partial charge on any atom is 0.262 e. The molecule has 23 heavy (non-hydrogen) atoms. The molecule has 2 rings (SSSR count). The summed E-state index contributed by atoms with van der Waals surface area (Å²) < 4.78 is 27.9. The Kier molecular flexibility index (Phi) is 5.47. The summed E-state index contributed by atoms with van der Waals surface area (Å²) in [7, 11) is -3.56. The van der Waals surface area contributed by atoms with E-state index in [0.717, 1.165) is 36.0 Å². The van der Waals surface area contributed by atoms with Crippen molar-refractivity contribution >= 4 is 15.7 Å². The Hall–Kier alpha value is -1.81. The predicted molar refractivity (Wildman–Crippen MR) is 96.5 cm³/mol. The van der Waals surface area contributed by atoms with E-state index in [-0.39, 0.29) is 0 Å². The number of rotatable bonds is 6. The zero-order chi connectivity index (χ0) is 17.0. The second-order valence-corrected chi connectivity index (χ2v) is 7.76. The number of aryl methyl sites for hydroxylation is 4. The van der Waals surface area contributed by atoms with Gasteiger partial charge in [-0.05, 0) is 74.1 Å². The fraction of sp³-hybridized carbons (Fsp3) is 0.368. The van der Waals surface area contributed by atoms with Crippen LogP contribution in [0.3, 0.4) is 0 Å². The van der Waals surface area contributed by atoms with Crippen LogP contribution in [0.25, 0.3) is 0 Å². The van der Waals surface area contributed by atoms with E-state index in [4.69, 9.17) is 0 Å². The summed E-state index contributed by atoms with van der Waals surface area (Å²) in [6.07, 6.45) is 3.33.